The van der Waals surface area contributed by atoms with Gasteiger partial charge in [0.2, 0.25) is 0 Å². The molecular weight excluding hydrogens is 350 g/mol. The topological polar surface area (TPSA) is 57.8 Å². The number of aromatic amines is 1. The van der Waals surface area contributed by atoms with Crippen molar-refractivity contribution in [2.75, 3.05) is 5.32 Å². The number of benzene rings is 1. The lowest BCUT2D eigenvalue weighted by atomic mass is 10.1. The molecule has 1 amide bonds. The minimum Gasteiger partial charge on any atom is -0.321 e. The number of nitrogens with zero attached hydrogens (tertiary/aromatic N) is 1. The number of rotatable bonds is 3. The third kappa shape index (κ3) is 3.06. The van der Waals surface area contributed by atoms with E-state index in [0.29, 0.717) is 4.88 Å². The Morgan fingerprint density at radius 1 is 1.33 bits per heavy atom. The van der Waals surface area contributed by atoms with Crippen molar-refractivity contribution in [3.05, 3.63) is 56.8 Å². The number of aryl methyl sites for hydroxylation is 1. The normalized spacial score (nSPS) is 10.6. The molecule has 2 heterocycles. The molecule has 0 unspecified atom stereocenters. The second-order valence-electron chi connectivity index (χ2n) is 4.57. The van der Waals surface area contributed by atoms with Crippen LogP contribution in [0.1, 0.15) is 15.2 Å². The van der Waals surface area contributed by atoms with Crippen molar-refractivity contribution in [2.45, 2.75) is 6.92 Å². The average molecular weight is 362 g/mol. The van der Waals surface area contributed by atoms with E-state index in [-0.39, 0.29) is 5.91 Å². The maximum atomic E-state index is 12.2. The molecule has 0 spiro atoms. The van der Waals surface area contributed by atoms with Crippen molar-refractivity contribution in [3.8, 4) is 11.3 Å². The quantitative estimate of drug-likeness (QED) is 0.723. The minimum absolute atomic E-state index is 0.101. The Bertz CT molecular complexity index is 761. The Morgan fingerprint density at radius 2 is 2.19 bits per heavy atom. The number of carbonyl (C=O) groups excluding carboxylic acids is 1. The highest BCUT2D eigenvalue weighted by Crippen LogP contribution is 2.28. The monoisotopic (exact) mass is 361 g/mol. The maximum absolute atomic E-state index is 12.2. The van der Waals surface area contributed by atoms with E-state index in [1.165, 1.54) is 11.3 Å². The highest BCUT2D eigenvalue weighted by atomic mass is 79.9. The number of nitrogens with one attached hydrogen (secondary N) is 2. The van der Waals surface area contributed by atoms with Crippen LogP contribution < -0.4 is 5.32 Å². The summed E-state index contributed by atoms with van der Waals surface area (Å²) >= 11 is 4.87. The van der Waals surface area contributed by atoms with Crippen LogP contribution in [0, 0.1) is 6.92 Å². The number of hydrogen-bond donors (Lipinski definition) is 2. The molecule has 0 saturated carbocycles. The summed E-state index contributed by atoms with van der Waals surface area (Å²) in [7, 11) is 0. The number of H-pyrrole nitrogens is 1. The fraction of sp³-hybridized carbons (Fsp3) is 0.0667. The van der Waals surface area contributed by atoms with Gasteiger partial charge in [-0.05, 0) is 52.7 Å². The molecule has 106 valence electrons. The van der Waals surface area contributed by atoms with E-state index < -0.39 is 0 Å². The number of thiophene rings is 1. The zero-order valence-electron chi connectivity index (χ0n) is 11.2. The molecule has 2 N–H and O–H groups in total. The van der Waals surface area contributed by atoms with Crippen LogP contribution in [-0.4, -0.2) is 16.1 Å². The number of amides is 1. The van der Waals surface area contributed by atoms with E-state index in [4.69, 9.17) is 0 Å². The molecule has 0 saturated heterocycles. The Morgan fingerprint density at radius 3 is 2.86 bits per heavy atom. The summed E-state index contributed by atoms with van der Waals surface area (Å²) in [5.74, 6) is -0.101. The molecule has 0 bridgehead atoms. The molecule has 3 aromatic rings. The molecule has 4 nitrogen and oxygen atoms in total. The van der Waals surface area contributed by atoms with E-state index in [1.54, 1.807) is 6.20 Å². The van der Waals surface area contributed by atoms with Crippen molar-refractivity contribution >= 4 is 38.9 Å². The first-order valence-electron chi connectivity index (χ1n) is 6.30. The Hall–Kier alpha value is -1.92. The first-order valence-corrected chi connectivity index (χ1v) is 7.91. The summed E-state index contributed by atoms with van der Waals surface area (Å²) in [5, 5.41) is 9.76. The molecule has 6 heteroatoms. The summed E-state index contributed by atoms with van der Waals surface area (Å²) < 4.78 is 0.985. The van der Waals surface area contributed by atoms with Gasteiger partial charge in [-0.3, -0.25) is 9.89 Å². The van der Waals surface area contributed by atoms with E-state index in [9.17, 15) is 4.79 Å². The van der Waals surface area contributed by atoms with Crippen LogP contribution in [0.2, 0.25) is 0 Å². The zero-order chi connectivity index (χ0) is 14.8. The molecule has 1 aromatic carbocycles. The fourth-order valence-corrected chi connectivity index (χ4v) is 3.38. The minimum atomic E-state index is -0.101. The van der Waals surface area contributed by atoms with Crippen LogP contribution in [0.4, 0.5) is 5.69 Å². The molecular formula is C15H12BrN3OS. The van der Waals surface area contributed by atoms with Gasteiger partial charge in [0.15, 0.2) is 0 Å². The van der Waals surface area contributed by atoms with Crippen LogP contribution >= 0.6 is 27.3 Å². The van der Waals surface area contributed by atoms with Crippen molar-refractivity contribution in [1.29, 1.82) is 0 Å². The van der Waals surface area contributed by atoms with Gasteiger partial charge < -0.3 is 5.32 Å². The van der Waals surface area contributed by atoms with Gasteiger partial charge in [-0.2, -0.15) is 5.10 Å². The van der Waals surface area contributed by atoms with Crippen LogP contribution in [0.5, 0.6) is 0 Å². The first kappa shape index (κ1) is 14.0. The summed E-state index contributed by atoms with van der Waals surface area (Å²) in [6.45, 7) is 1.97. The first-order chi connectivity index (χ1) is 10.1. The summed E-state index contributed by atoms with van der Waals surface area (Å²) in [5.41, 5.74) is 3.72. The molecule has 21 heavy (non-hydrogen) atoms. The molecule has 3 rings (SSSR count). The highest BCUT2D eigenvalue weighted by Gasteiger charge is 2.11. The summed E-state index contributed by atoms with van der Waals surface area (Å²) in [4.78, 5) is 12.9. The third-order valence-corrected chi connectivity index (χ3v) is 5.15. The summed E-state index contributed by atoms with van der Waals surface area (Å²) in [6, 6.07) is 11.4. The molecule has 0 aliphatic heterocycles. The summed E-state index contributed by atoms with van der Waals surface area (Å²) in [6.07, 6.45) is 1.70. The Balaban J connectivity index is 1.82. The SMILES string of the molecule is Cc1cc(C(=O)Nc2cccc(-c3ccn[nH]3)c2)sc1Br. The van der Waals surface area contributed by atoms with E-state index in [2.05, 4.69) is 31.4 Å². The standard InChI is InChI=1S/C15H12BrN3OS/c1-9-7-13(21-14(9)16)15(20)18-11-4-2-3-10(8-11)12-5-6-17-19-12/h2-8H,1H3,(H,17,19)(H,18,20). The lowest BCUT2D eigenvalue weighted by molar-refractivity contribution is 0.103. The van der Waals surface area contributed by atoms with Gasteiger partial charge in [-0.15, -0.1) is 11.3 Å². The fourth-order valence-electron chi connectivity index (χ4n) is 1.95. The van der Waals surface area contributed by atoms with Gasteiger partial charge in [0.1, 0.15) is 0 Å². The van der Waals surface area contributed by atoms with Gasteiger partial charge in [-0.1, -0.05) is 12.1 Å². The van der Waals surface area contributed by atoms with Gasteiger partial charge in [0.25, 0.3) is 5.91 Å². The van der Waals surface area contributed by atoms with Gasteiger partial charge >= 0.3 is 0 Å². The predicted molar refractivity (Wildman–Crippen MR) is 88.7 cm³/mol. The Kier molecular flexibility index (Phi) is 3.90. The van der Waals surface area contributed by atoms with Crippen molar-refractivity contribution in [3.63, 3.8) is 0 Å². The van der Waals surface area contributed by atoms with Crippen LogP contribution in [0.15, 0.2) is 46.4 Å². The number of halogens is 1. The van der Waals surface area contributed by atoms with Crippen molar-refractivity contribution in [1.82, 2.24) is 10.2 Å². The lowest BCUT2D eigenvalue weighted by Gasteiger charge is -2.05. The van der Waals surface area contributed by atoms with Crippen LogP contribution in [-0.2, 0) is 0 Å². The molecule has 0 aliphatic carbocycles. The van der Waals surface area contributed by atoms with Crippen LogP contribution in [0.25, 0.3) is 11.3 Å². The lowest BCUT2D eigenvalue weighted by Crippen LogP contribution is -2.10. The maximum Gasteiger partial charge on any atom is 0.265 e. The van der Waals surface area contributed by atoms with E-state index >= 15 is 0 Å². The number of hydrogen-bond acceptors (Lipinski definition) is 3. The van der Waals surface area contributed by atoms with Gasteiger partial charge in [0.05, 0.1) is 14.4 Å². The molecule has 0 radical (unpaired) electrons. The van der Waals surface area contributed by atoms with Gasteiger partial charge in [-0.25, -0.2) is 0 Å². The molecule has 0 fully saturated rings. The molecule has 0 atom stereocenters. The van der Waals surface area contributed by atoms with Crippen LogP contribution in [0.3, 0.4) is 0 Å². The molecule has 2 aromatic heterocycles. The number of carbonyl (C=O) groups is 1. The van der Waals surface area contributed by atoms with E-state index in [1.807, 2.05) is 43.3 Å². The van der Waals surface area contributed by atoms with E-state index in [0.717, 1.165) is 26.3 Å². The third-order valence-electron chi connectivity index (χ3n) is 3.01. The largest absolute Gasteiger partial charge is 0.321 e. The average Bonchev–Trinajstić information content (AvgIpc) is 3.10. The number of anilines is 1. The zero-order valence-corrected chi connectivity index (χ0v) is 13.6. The Labute approximate surface area is 134 Å². The van der Waals surface area contributed by atoms with Crippen molar-refractivity contribution < 1.29 is 4.79 Å². The molecule has 0 aliphatic rings. The highest BCUT2D eigenvalue weighted by molar-refractivity contribution is 9.11. The second kappa shape index (κ2) is 5.83. The van der Waals surface area contributed by atoms with Crippen molar-refractivity contribution in [2.24, 2.45) is 0 Å². The second-order valence-corrected chi connectivity index (χ2v) is 6.94. The number of aromatic nitrogens is 2. The van der Waals surface area contributed by atoms with Gasteiger partial charge in [0, 0.05) is 17.4 Å². The smallest absolute Gasteiger partial charge is 0.265 e. The predicted octanol–water partition coefficient (Wildman–Crippen LogP) is 4.46.